The Morgan fingerprint density at radius 2 is 1.94 bits per heavy atom. The summed E-state index contributed by atoms with van der Waals surface area (Å²) in [4.78, 5) is 0. The summed E-state index contributed by atoms with van der Waals surface area (Å²) in [6.07, 6.45) is 1.71. The Hall–Kier alpha value is -2.41. The van der Waals surface area contributed by atoms with Crippen LogP contribution in [0.15, 0.2) is 29.6 Å². The average Bonchev–Trinajstić information content (AvgIpc) is 2.27. The van der Waals surface area contributed by atoms with E-state index >= 15 is 0 Å². The summed E-state index contributed by atoms with van der Waals surface area (Å²) >= 11 is 0. The lowest BCUT2D eigenvalue weighted by molar-refractivity contribution is 0.473. The maximum Gasteiger partial charge on any atom is 0.124 e. The number of nitrogens with zero attached hydrogens (tertiary/aromatic N) is 1. The van der Waals surface area contributed by atoms with Crippen molar-refractivity contribution in [2.75, 3.05) is 0 Å². The van der Waals surface area contributed by atoms with Crippen molar-refractivity contribution in [3.8, 4) is 11.8 Å². The Morgan fingerprint density at radius 3 is 2.39 bits per heavy atom. The van der Waals surface area contributed by atoms with Crippen LogP contribution in [0.2, 0.25) is 0 Å². The van der Waals surface area contributed by atoms with E-state index in [0.717, 1.165) is 11.1 Å². The molecule has 94 valence electrons. The second-order valence-corrected chi connectivity index (χ2v) is 4.26. The van der Waals surface area contributed by atoms with Crippen LogP contribution in [0.5, 0.6) is 5.75 Å². The number of allylic oxidation sites excluding steroid dienone is 3. The number of aromatic hydroxyl groups is 1. The molecule has 0 aliphatic rings. The zero-order valence-electron chi connectivity index (χ0n) is 10.8. The minimum Gasteiger partial charge on any atom is -0.507 e. The Labute approximate surface area is 107 Å². The SMILES string of the molecule is C/C(=C\C(N)=C(\C)N)c1c(C)cc(C#N)cc1O. The van der Waals surface area contributed by atoms with Gasteiger partial charge in [0.05, 0.1) is 17.3 Å². The van der Waals surface area contributed by atoms with E-state index in [-0.39, 0.29) is 5.75 Å². The number of hydrogen-bond acceptors (Lipinski definition) is 4. The Kier molecular flexibility index (Phi) is 4.01. The molecular weight excluding hydrogens is 226 g/mol. The molecule has 1 rings (SSSR count). The Bertz CT molecular complexity index is 550. The number of phenols is 1. The third kappa shape index (κ3) is 2.83. The van der Waals surface area contributed by atoms with E-state index in [0.29, 0.717) is 22.5 Å². The van der Waals surface area contributed by atoms with Crippen molar-refractivity contribution in [2.24, 2.45) is 11.5 Å². The summed E-state index contributed by atoms with van der Waals surface area (Å²) in [5.41, 5.74) is 15.1. The first-order valence-corrected chi connectivity index (χ1v) is 5.51. The maximum absolute atomic E-state index is 9.95. The van der Waals surface area contributed by atoms with Crippen molar-refractivity contribution in [3.05, 3.63) is 46.3 Å². The summed E-state index contributed by atoms with van der Waals surface area (Å²) in [5.74, 6) is 0.0720. The van der Waals surface area contributed by atoms with Crippen LogP contribution in [0, 0.1) is 18.3 Å². The van der Waals surface area contributed by atoms with E-state index in [1.165, 1.54) is 6.07 Å². The van der Waals surface area contributed by atoms with Gasteiger partial charge in [-0.05, 0) is 50.1 Å². The summed E-state index contributed by atoms with van der Waals surface area (Å²) in [6, 6.07) is 5.16. The smallest absolute Gasteiger partial charge is 0.124 e. The normalized spacial score (nSPS) is 12.9. The molecule has 1 aromatic carbocycles. The lowest BCUT2D eigenvalue weighted by Crippen LogP contribution is -2.05. The molecule has 0 spiro atoms. The molecule has 4 nitrogen and oxygen atoms in total. The van der Waals surface area contributed by atoms with Crippen LogP contribution >= 0.6 is 0 Å². The molecule has 0 bridgehead atoms. The highest BCUT2D eigenvalue weighted by Crippen LogP contribution is 2.30. The van der Waals surface area contributed by atoms with E-state index in [1.54, 1.807) is 19.1 Å². The van der Waals surface area contributed by atoms with Crippen molar-refractivity contribution in [1.29, 1.82) is 5.26 Å². The van der Waals surface area contributed by atoms with Crippen molar-refractivity contribution >= 4 is 5.57 Å². The van der Waals surface area contributed by atoms with Gasteiger partial charge in [-0.3, -0.25) is 0 Å². The topological polar surface area (TPSA) is 96.1 Å². The highest BCUT2D eigenvalue weighted by Gasteiger charge is 2.09. The molecular formula is C14H17N3O. The molecule has 0 amide bonds. The number of nitriles is 1. The molecule has 4 heteroatoms. The lowest BCUT2D eigenvalue weighted by Gasteiger charge is -2.10. The predicted octanol–water partition coefficient (Wildman–Crippen LogP) is 2.12. The van der Waals surface area contributed by atoms with Gasteiger partial charge in [-0.25, -0.2) is 0 Å². The van der Waals surface area contributed by atoms with E-state index < -0.39 is 0 Å². The molecule has 0 saturated carbocycles. The second kappa shape index (κ2) is 5.28. The van der Waals surface area contributed by atoms with Crippen LogP contribution in [0.3, 0.4) is 0 Å². The van der Waals surface area contributed by atoms with Crippen LogP contribution in [0.1, 0.15) is 30.5 Å². The van der Waals surface area contributed by atoms with E-state index in [1.807, 2.05) is 19.9 Å². The number of nitrogens with two attached hydrogens (primary N) is 2. The molecule has 18 heavy (non-hydrogen) atoms. The van der Waals surface area contributed by atoms with Gasteiger partial charge in [-0.1, -0.05) is 0 Å². The standard InChI is InChI=1S/C14H17N3O/c1-8-4-11(7-15)6-13(18)14(8)9(2)5-12(17)10(3)16/h4-6,18H,16-17H2,1-3H3/b9-5+,12-10+. The fourth-order valence-corrected chi connectivity index (χ4v) is 1.77. The highest BCUT2D eigenvalue weighted by molar-refractivity contribution is 5.74. The fraction of sp³-hybridized carbons (Fsp3) is 0.214. The third-order valence-electron chi connectivity index (χ3n) is 2.67. The summed E-state index contributed by atoms with van der Waals surface area (Å²) in [6.45, 7) is 5.39. The summed E-state index contributed by atoms with van der Waals surface area (Å²) < 4.78 is 0. The van der Waals surface area contributed by atoms with Crippen LogP contribution in [-0.2, 0) is 0 Å². The Morgan fingerprint density at radius 1 is 1.33 bits per heavy atom. The van der Waals surface area contributed by atoms with Crippen molar-refractivity contribution < 1.29 is 5.11 Å². The van der Waals surface area contributed by atoms with Gasteiger partial charge in [0.25, 0.3) is 0 Å². The van der Waals surface area contributed by atoms with Crippen molar-refractivity contribution in [1.82, 2.24) is 0 Å². The van der Waals surface area contributed by atoms with Crippen LogP contribution in [-0.4, -0.2) is 5.11 Å². The average molecular weight is 243 g/mol. The molecule has 0 aliphatic carbocycles. The predicted molar refractivity (Wildman–Crippen MR) is 72.3 cm³/mol. The van der Waals surface area contributed by atoms with Gasteiger partial charge in [-0.2, -0.15) is 5.26 Å². The number of rotatable bonds is 2. The molecule has 0 saturated heterocycles. The van der Waals surface area contributed by atoms with E-state index in [2.05, 4.69) is 0 Å². The van der Waals surface area contributed by atoms with Crippen molar-refractivity contribution in [3.63, 3.8) is 0 Å². The zero-order chi connectivity index (χ0) is 13.9. The molecule has 1 aromatic rings. The largest absolute Gasteiger partial charge is 0.507 e. The molecule has 0 aliphatic heterocycles. The minimum atomic E-state index is 0.0720. The van der Waals surface area contributed by atoms with Gasteiger partial charge < -0.3 is 16.6 Å². The minimum absolute atomic E-state index is 0.0720. The lowest BCUT2D eigenvalue weighted by atomic mass is 9.97. The quantitative estimate of drug-likeness (QED) is 0.693. The van der Waals surface area contributed by atoms with Gasteiger partial charge in [0.1, 0.15) is 5.75 Å². The number of aryl methyl sites for hydroxylation is 1. The maximum atomic E-state index is 9.95. The number of phenolic OH excluding ortho intramolecular Hbond substituents is 1. The van der Waals surface area contributed by atoms with E-state index in [9.17, 15) is 5.11 Å². The highest BCUT2D eigenvalue weighted by atomic mass is 16.3. The molecule has 0 atom stereocenters. The second-order valence-electron chi connectivity index (χ2n) is 4.26. The number of benzene rings is 1. The summed E-state index contributed by atoms with van der Waals surface area (Å²) in [7, 11) is 0. The van der Waals surface area contributed by atoms with Gasteiger partial charge in [0.2, 0.25) is 0 Å². The molecule has 0 heterocycles. The fourth-order valence-electron chi connectivity index (χ4n) is 1.77. The number of hydrogen-bond donors (Lipinski definition) is 3. The molecule has 0 aromatic heterocycles. The van der Waals surface area contributed by atoms with Gasteiger partial charge in [0.15, 0.2) is 0 Å². The molecule has 0 fully saturated rings. The molecule has 5 N–H and O–H groups in total. The Balaban J connectivity index is 3.36. The first-order chi connectivity index (χ1) is 8.36. The molecule has 0 unspecified atom stereocenters. The monoisotopic (exact) mass is 243 g/mol. The first kappa shape index (κ1) is 13.7. The van der Waals surface area contributed by atoms with Crippen molar-refractivity contribution in [2.45, 2.75) is 20.8 Å². The molecule has 0 radical (unpaired) electrons. The van der Waals surface area contributed by atoms with Gasteiger partial charge in [0, 0.05) is 11.3 Å². The zero-order valence-corrected chi connectivity index (χ0v) is 10.8. The third-order valence-corrected chi connectivity index (χ3v) is 2.67. The van der Waals surface area contributed by atoms with Gasteiger partial charge in [-0.15, -0.1) is 0 Å². The van der Waals surface area contributed by atoms with Gasteiger partial charge >= 0.3 is 0 Å². The summed E-state index contributed by atoms with van der Waals surface area (Å²) in [5, 5.41) is 18.8. The van der Waals surface area contributed by atoms with Crippen LogP contribution in [0.4, 0.5) is 0 Å². The first-order valence-electron chi connectivity index (χ1n) is 5.51. The van der Waals surface area contributed by atoms with E-state index in [4.69, 9.17) is 16.7 Å². The van der Waals surface area contributed by atoms with Crippen LogP contribution in [0.25, 0.3) is 5.57 Å². The van der Waals surface area contributed by atoms with Crippen LogP contribution < -0.4 is 11.5 Å².